The largest absolute Gasteiger partial charge is 0.496 e. The number of nitrogens with one attached hydrogen (secondary N) is 1. The molecule has 0 aliphatic rings. The summed E-state index contributed by atoms with van der Waals surface area (Å²) >= 11 is 0. The second-order valence-electron chi connectivity index (χ2n) is 6.11. The Hall–Kier alpha value is -1.97. The number of carboxylic acid groups (broad SMARTS) is 1. The van der Waals surface area contributed by atoms with Gasteiger partial charge in [0, 0.05) is 22.2 Å². The second-order valence-corrected chi connectivity index (χ2v) is 6.11. The van der Waals surface area contributed by atoms with Crippen LogP contribution in [0.3, 0.4) is 0 Å². The molecule has 0 aliphatic carbocycles. The number of aromatic nitrogens is 1. The predicted molar refractivity (Wildman–Crippen MR) is 79.6 cm³/mol. The molecule has 108 valence electrons. The number of carbonyl (C=O) groups is 1. The van der Waals surface area contributed by atoms with Gasteiger partial charge in [0.15, 0.2) is 0 Å². The fourth-order valence-corrected chi connectivity index (χ4v) is 2.75. The number of methoxy groups -OCH3 is 1. The number of ether oxygens (including phenoxy) is 1. The number of aromatic amines is 1. The van der Waals surface area contributed by atoms with Gasteiger partial charge in [-0.2, -0.15) is 0 Å². The van der Waals surface area contributed by atoms with Crippen molar-refractivity contribution in [3.05, 3.63) is 29.0 Å². The molecular formula is C16H21NO3. The van der Waals surface area contributed by atoms with Crippen LogP contribution in [0.1, 0.15) is 37.6 Å². The third-order valence-corrected chi connectivity index (χ3v) is 3.54. The minimum atomic E-state index is -0.823. The van der Waals surface area contributed by atoms with Gasteiger partial charge >= 0.3 is 5.97 Å². The predicted octanol–water partition coefficient (Wildman–Crippen LogP) is 3.41. The highest BCUT2D eigenvalue weighted by atomic mass is 16.5. The van der Waals surface area contributed by atoms with Gasteiger partial charge in [0.25, 0.3) is 0 Å². The normalized spacial score (nSPS) is 11.8. The van der Waals surface area contributed by atoms with Crippen molar-refractivity contribution in [2.75, 3.05) is 7.11 Å². The van der Waals surface area contributed by atoms with Crippen LogP contribution >= 0.6 is 0 Å². The number of carboxylic acids is 1. The van der Waals surface area contributed by atoms with Crippen molar-refractivity contribution in [2.45, 2.75) is 39.5 Å². The summed E-state index contributed by atoms with van der Waals surface area (Å²) in [6, 6.07) is 3.88. The Kier molecular flexibility index (Phi) is 3.50. The van der Waals surface area contributed by atoms with E-state index >= 15 is 0 Å². The van der Waals surface area contributed by atoms with Crippen LogP contribution in [0.5, 0.6) is 5.75 Å². The quantitative estimate of drug-likeness (QED) is 0.902. The highest BCUT2D eigenvalue weighted by molar-refractivity contribution is 5.93. The zero-order chi connectivity index (χ0) is 15.1. The SMILES string of the molecule is COc1ccc2[nH]c(C)c(CC(=O)O)c2c1C(C)(C)C. The lowest BCUT2D eigenvalue weighted by atomic mass is 9.82. The maximum absolute atomic E-state index is 11.1. The standard InChI is InChI=1S/C16H21NO3/c1-9-10(8-13(18)19)14-11(17-9)6-7-12(20-5)15(14)16(2,3)4/h6-7,17H,8H2,1-5H3,(H,18,19). The molecule has 0 spiro atoms. The molecule has 0 saturated heterocycles. The van der Waals surface area contributed by atoms with Gasteiger partial charge < -0.3 is 14.8 Å². The summed E-state index contributed by atoms with van der Waals surface area (Å²) in [5, 5.41) is 10.1. The van der Waals surface area contributed by atoms with Gasteiger partial charge in [-0.05, 0) is 30.0 Å². The number of aliphatic carboxylic acids is 1. The van der Waals surface area contributed by atoms with Gasteiger partial charge in [0.1, 0.15) is 5.75 Å². The van der Waals surface area contributed by atoms with Gasteiger partial charge in [-0.15, -0.1) is 0 Å². The number of H-pyrrole nitrogens is 1. The first-order valence-corrected chi connectivity index (χ1v) is 6.66. The Balaban J connectivity index is 2.87. The van der Waals surface area contributed by atoms with E-state index in [1.807, 2.05) is 19.1 Å². The molecule has 0 saturated carbocycles. The summed E-state index contributed by atoms with van der Waals surface area (Å²) in [6.45, 7) is 8.24. The summed E-state index contributed by atoms with van der Waals surface area (Å²) in [4.78, 5) is 14.4. The molecule has 20 heavy (non-hydrogen) atoms. The monoisotopic (exact) mass is 275 g/mol. The summed E-state index contributed by atoms with van der Waals surface area (Å²) in [7, 11) is 1.65. The maximum atomic E-state index is 11.1. The molecule has 1 aromatic heterocycles. The van der Waals surface area contributed by atoms with Crippen LogP contribution in [0.2, 0.25) is 0 Å². The van der Waals surface area contributed by atoms with Crippen molar-refractivity contribution in [2.24, 2.45) is 0 Å². The van der Waals surface area contributed by atoms with Crippen LogP contribution in [-0.4, -0.2) is 23.2 Å². The first-order valence-electron chi connectivity index (χ1n) is 6.66. The number of aryl methyl sites for hydroxylation is 1. The minimum absolute atomic E-state index is 0.0160. The molecule has 0 fully saturated rings. The highest BCUT2D eigenvalue weighted by Gasteiger charge is 2.25. The van der Waals surface area contributed by atoms with Crippen LogP contribution in [0, 0.1) is 6.92 Å². The Bertz CT molecular complexity index is 662. The third-order valence-electron chi connectivity index (χ3n) is 3.54. The van der Waals surface area contributed by atoms with Crippen molar-refractivity contribution in [3.8, 4) is 5.75 Å². The molecular weight excluding hydrogens is 254 g/mol. The van der Waals surface area contributed by atoms with E-state index < -0.39 is 5.97 Å². The van der Waals surface area contributed by atoms with Crippen LogP contribution in [0.15, 0.2) is 12.1 Å². The number of hydrogen-bond donors (Lipinski definition) is 2. The fraction of sp³-hybridized carbons (Fsp3) is 0.438. The molecule has 2 N–H and O–H groups in total. The van der Waals surface area contributed by atoms with E-state index in [9.17, 15) is 4.79 Å². The molecule has 2 aromatic rings. The van der Waals surface area contributed by atoms with E-state index in [4.69, 9.17) is 9.84 Å². The Labute approximate surface area is 118 Å². The van der Waals surface area contributed by atoms with Crippen molar-refractivity contribution in [1.82, 2.24) is 4.98 Å². The van der Waals surface area contributed by atoms with Gasteiger partial charge in [-0.25, -0.2) is 0 Å². The van der Waals surface area contributed by atoms with E-state index in [-0.39, 0.29) is 11.8 Å². The second kappa shape index (κ2) is 4.85. The molecule has 0 aliphatic heterocycles. The minimum Gasteiger partial charge on any atom is -0.496 e. The molecule has 1 aromatic carbocycles. The number of hydrogen-bond acceptors (Lipinski definition) is 2. The molecule has 0 atom stereocenters. The van der Waals surface area contributed by atoms with Gasteiger partial charge in [-0.3, -0.25) is 4.79 Å². The molecule has 4 nitrogen and oxygen atoms in total. The van der Waals surface area contributed by atoms with E-state index in [1.165, 1.54) is 0 Å². The lowest BCUT2D eigenvalue weighted by Gasteiger charge is -2.24. The lowest BCUT2D eigenvalue weighted by molar-refractivity contribution is -0.136. The molecule has 2 rings (SSSR count). The zero-order valence-electron chi connectivity index (χ0n) is 12.6. The molecule has 0 unspecified atom stereocenters. The van der Waals surface area contributed by atoms with Crippen molar-refractivity contribution >= 4 is 16.9 Å². The number of rotatable bonds is 3. The van der Waals surface area contributed by atoms with Crippen molar-refractivity contribution in [3.63, 3.8) is 0 Å². The van der Waals surface area contributed by atoms with Gasteiger partial charge in [0.2, 0.25) is 0 Å². The lowest BCUT2D eigenvalue weighted by Crippen LogP contribution is -2.14. The molecule has 0 radical (unpaired) electrons. The van der Waals surface area contributed by atoms with E-state index in [0.29, 0.717) is 0 Å². The molecule has 1 heterocycles. The summed E-state index contributed by atoms with van der Waals surface area (Å²) in [5.41, 5.74) is 3.63. The Morgan fingerprint density at radius 1 is 1.35 bits per heavy atom. The average Bonchev–Trinajstić information content (AvgIpc) is 2.63. The number of benzene rings is 1. The zero-order valence-corrected chi connectivity index (χ0v) is 12.6. The summed E-state index contributed by atoms with van der Waals surface area (Å²) < 4.78 is 5.49. The van der Waals surface area contributed by atoms with E-state index in [1.54, 1.807) is 7.11 Å². The van der Waals surface area contributed by atoms with Gasteiger partial charge in [-0.1, -0.05) is 20.8 Å². The fourth-order valence-electron chi connectivity index (χ4n) is 2.75. The van der Waals surface area contributed by atoms with Crippen molar-refractivity contribution in [1.29, 1.82) is 0 Å². The van der Waals surface area contributed by atoms with Crippen LogP contribution in [0.4, 0.5) is 0 Å². The highest BCUT2D eigenvalue weighted by Crippen LogP contribution is 2.40. The number of fused-ring (bicyclic) bond motifs is 1. The Morgan fingerprint density at radius 2 is 2.00 bits per heavy atom. The maximum Gasteiger partial charge on any atom is 0.307 e. The van der Waals surface area contributed by atoms with Crippen LogP contribution in [0.25, 0.3) is 10.9 Å². The average molecular weight is 275 g/mol. The Morgan fingerprint density at radius 3 is 2.50 bits per heavy atom. The summed E-state index contributed by atoms with van der Waals surface area (Å²) in [5.74, 6) is -0.0210. The smallest absolute Gasteiger partial charge is 0.307 e. The van der Waals surface area contributed by atoms with Crippen molar-refractivity contribution < 1.29 is 14.6 Å². The third kappa shape index (κ3) is 2.38. The summed E-state index contributed by atoms with van der Waals surface area (Å²) in [6.07, 6.45) is 0.0160. The molecule has 0 bridgehead atoms. The van der Waals surface area contributed by atoms with Crippen LogP contribution in [-0.2, 0) is 16.6 Å². The van der Waals surface area contributed by atoms with E-state index in [2.05, 4.69) is 25.8 Å². The molecule has 4 heteroatoms. The first kappa shape index (κ1) is 14.4. The van der Waals surface area contributed by atoms with Gasteiger partial charge in [0.05, 0.1) is 13.5 Å². The van der Waals surface area contributed by atoms with E-state index in [0.717, 1.165) is 33.5 Å². The topological polar surface area (TPSA) is 62.3 Å². The van der Waals surface area contributed by atoms with Crippen LogP contribution < -0.4 is 4.74 Å². The molecule has 0 amide bonds. The first-order chi connectivity index (χ1) is 9.25.